The van der Waals surface area contributed by atoms with Crippen LogP contribution < -0.4 is 11.1 Å². The molecule has 5 heteroatoms. The highest BCUT2D eigenvalue weighted by molar-refractivity contribution is 5.45. The average molecular weight is 229 g/mol. The van der Waals surface area contributed by atoms with Gasteiger partial charge in [0, 0.05) is 12.1 Å². The Bertz CT molecular complexity index is 386. The lowest BCUT2D eigenvalue weighted by Gasteiger charge is -2.28. The highest BCUT2D eigenvalue weighted by Crippen LogP contribution is 2.24. The van der Waals surface area contributed by atoms with Crippen molar-refractivity contribution in [3.05, 3.63) is 17.7 Å². The average Bonchev–Trinajstić information content (AvgIpc) is 2.12. The number of nitrogen functional groups attached to an aromatic ring is 1. The van der Waals surface area contributed by atoms with Crippen molar-refractivity contribution in [1.82, 2.24) is 4.98 Å². The van der Waals surface area contributed by atoms with Gasteiger partial charge in [-0.3, -0.25) is 0 Å². The van der Waals surface area contributed by atoms with Crippen LogP contribution in [0.2, 0.25) is 0 Å². The normalized spacial score (nSPS) is 13.6. The van der Waals surface area contributed by atoms with Crippen molar-refractivity contribution in [2.75, 3.05) is 11.1 Å². The molecular weight excluding hydrogens is 212 g/mol. The van der Waals surface area contributed by atoms with Crippen molar-refractivity contribution >= 4 is 11.6 Å². The molecule has 1 aromatic rings. The topological polar surface area (TPSA) is 50.9 Å². The molecule has 0 amide bonds. The number of nitrogens with one attached hydrogen (secondary N) is 1. The zero-order valence-electron chi connectivity index (χ0n) is 9.94. The van der Waals surface area contributed by atoms with Crippen molar-refractivity contribution in [3.8, 4) is 0 Å². The second-order valence-corrected chi connectivity index (χ2v) is 4.92. The van der Waals surface area contributed by atoms with Crippen LogP contribution >= 0.6 is 0 Å². The van der Waals surface area contributed by atoms with Gasteiger partial charge < -0.3 is 11.1 Å². The highest BCUT2D eigenvalue weighted by Gasteiger charge is 2.21. The fourth-order valence-corrected chi connectivity index (χ4v) is 1.00. The van der Waals surface area contributed by atoms with Gasteiger partial charge in [-0.05, 0) is 12.3 Å². The Morgan fingerprint density at radius 2 is 1.88 bits per heavy atom. The zero-order valence-corrected chi connectivity index (χ0v) is 9.94. The Morgan fingerprint density at radius 3 is 2.38 bits per heavy atom. The summed E-state index contributed by atoms with van der Waals surface area (Å²) in [6, 6.07) is 0.722. The minimum absolute atomic E-state index is 0.0127. The maximum absolute atomic E-state index is 13.4. The summed E-state index contributed by atoms with van der Waals surface area (Å²) in [7, 11) is 0. The fraction of sp³-hybridized carbons (Fsp3) is 0.545. The molecule has 0 aliphatic heterocycles. The fourth-order valence-electron chi connectivity index (χ4n) is 1.00. The van der Waals surface area contributed by atoms with Gasteiger partial charge in [-0.1, -0.05) is 20.8 Å². The molecule has 0 aliphatic rings. The SMILES string of the molecule is CC(Nc1nc(N)c(F)cc1F)C(C)(C)C. The molecule has 3 nitrogen and oxygen atoms in total. The molecule has 0 bridgehead atoms. The van der Waals surface area contributed by atoms with Crippen LogP contribution in [0.25, 0.3) is 0 Å². The zero-order chi connectivity index (χ0) is 12.5. The third-order valence-electron chi connectivity index (χ3n) is 2.61. The van der Waals surface area contributed by atoms with E-state index in [2.05, 4.69) is 10.3 Å². The number of pyridine rings is 1. The summed E-state index contributed by atoms with van der Waals surface area (Å²) in [6.07, 6.45) is 0. The van der Waals surface area contributed by atoms with Gasteiger partial charge in [0.05, 0.1) is 0 Å². The van der Waals surface area contributed by atoms with Crippen LogP contribution in [-0.2, 0) is 0 Å². The Hall–Kier alpha value is -1.39. The summed E-state index contributed by atoms with van der Waals surface area (Å²) in [5.41, 5.74) is 5.22. The summed E-state index contributed by atoms with van der Waals surface area (Å²) in [4.78, 5) is 3.64. The molecule has 0 radical (unpaired) electrons. The summed E-state index contributed by atoms with van der Waals surface area (Å²) in [6.45, 7) is 7.93. The molecule has 0 aromatic carbocycles. The monoisotopic (exact) mass is 229 g/mol. The molecule has 90 valence electrons. The van der Waals surface area contributed by atoms with E-state index in [0.717, 1.165) is 6.07 Å². The first-order chi connectivity index (χ1) is 7.21. The molecule has 1 rings (SSSR count). The molecule has 0 aliphatic carbocycles. The second-order valence-electron chi connectivity index (χ2n) is 4.92. The maximum Gasteiger partial charge on any atom is 0.168 e. The van der Waals surface area contributed by atoms with E-state index < -0.39 is 11.6 Å². The van der Waals surface area contributed by atoms with Gasteiger partial charge in [-0.25, -0.2) is 13.8 Å². The maximum atomic E-state index is 13.4. The lowest BCUT2D eigenvalue weighted by molar-refractivity contribution is 0.357. The van der Waals surface area contributed by atoms with E-state index >= 15 is 0 Å². The number of hydrogen-bond acceptors (Lipinski definition) is 3. The summed E-state index contributed by atoms with van der Waals surface area (Å²) in [5.74, 6) is -1.89. The number of halogens is 2. The number of hydrogen-bond donors (Lipinski definition) is 2. The van der Waals surface area contributed by atoms with E-state index in [0.29, 0.717) is 0 Å². The van der Waals surface area contributed by atoms with Crippen molar-refractivity contribution in [3.63, 3.8) is 0 Å². The van der Waals surface area contributed by atoms with Crippen LogP contribution in [0.3, 0.4) is 0 Å². The third kappa shape index (κ3) is 2.81. The first-order valence-corrected chi connectivity index (χ1v) is 5.10. The van der Waals surface area contributed by atoms with Crippen LogP contribution in [0, 0.1) is 17.0 Å². The molecule has 1 heterocycles. The minimum atomic E-state index is -0.841. The lowest BCUT2D eigenvalue weighted by Crippen LogP contribution is -2.31. The minimum Gasteiger partial charge on any atom is -0.381 e. The summed E-state index contributed by atoms with van der Waals surface area (Å²) in [5, 5.41) is 2.89. The van der Waals surface area contributed by atoms with Gasteiger partial charge in [0.2, 0.25) is 0 Å². The van der Waals surface area contributed by atoms with Crippen molar-refractivity contribution in [2.24, 2.45) is 5.41 Å². The van der Waals surface area contributed by atoms with Gasteiger partial charge in [0.25, 0.3) is 0 Å². The molecule has 1 aromatic heterocycles. The molecule has 0 saturated carbocycles. The lowest BCUT2D eigenvalue weighted by atomic mass is 9.88. The van der Waals surface area contributed by atoms with Gasteiger partial charge >= 0.3 is 0 Å². The molecular formula is C11H17F2N3. The van der Waals surface area contributed by atoms with Crippen molar-refractivity contribution in [2.45, 2.75) is 33.7 Å². The smallest absolute Gasteiger partial charge is 0.168 e. The Labute approximate surface area is 94.1 Å². The number of rotatable bonds is 2. The molecule has 0 saturated heterocycles. The Kier molecular flexibility index (Phi) is 3.35. The molecule has 3 N–H and O–H groups in total. The van der Waals surface area contributed by atoms with E-state index in [1.54, 1.807) is 0 Å². The van der Waals surface area contributed by atoms with Crippen LogP contribution in [0.15, 0.2) is 6.07 Å². The predicted octanol–water partition coefficient (Wildman–Crippen LogP) is 2.79. The van der Waals surface area contributed by atoms with Crippen LogP contribution in [0.1, 0.15) is 27.7 Å². The number of aromatic nitrogens is 1. The predicted molar refractivity (Wildman–Crippen MR) is 61.1 cm³/mol. The van der Waals surface area contributed by atoms with Crippen LogP contribution in [-0.4, -0.2) is 11.0 Å². The number of nitrogens with two attached hydrogens (primary N) is 1. The van der Waals surface area contributed by atoms with E-state index in [1.165, 1.54) is 0 Å². The van der Waals surface area contributed by atoms with E-state index in [4.69, 9.17) is 5.73 Å². The van der Waals surface area contributed by atoms with Crippen molar-refractivity contribution in [1.29, 1.82) is 0 Å². The largest absolute Gasteiger partial charge is 0.381 e. The number of nitrogens with zero attached hydrogens (tertiary/aromatic N) is 1. The highest BCUT2D eigenvalue weighted by atomic mass is 19.1. The summed E-state index contributed by atoms with van der Waals surface area (Å²) < 4.78 is 26.2. The third-order valence-corrected chi connectivity index (χ3v) is 2.61. The molecule has 0 spiro atoms. The van der Waals surface area contributed by atoms with E-state index in [1.807, 2.05) is 27.7 Å². The second kappa shape index (κ2) is 4.23. The number of anilines is 2. The van der Waals surface area contributed by atoms with E-state index in [-0.39, 0.29) is 23.1 Å². The van der Waals surface area contributed by atoms with Gasteiger partial charge in [-0.15, -0.1) is 0 Å². The van der Waals surface area contributed by atoms with Crippen molar-refractivity contribution < 1.29 is 8.78 Å². The molecule has 1 atom stereocenters. The van der Waals surface area contributed by atoms with Crippen LogP contribution in [0.4, 0.5) is 20.4 Å². The first kappa shape index (κ1) is 12.7. The molecule has 1 unspecified atom stereocenters. The van der Waals surface area contributed by atoms with E-state index in [9.17, 15) is 8.78 Å². The van der Waals surface area contributed by atoms with Gasteiger partial charge in [0.1, 0.15) is 0 Å². The molecule has 0 fully saturated rings. The Morgan fingerprint density at radius 1 is 1.31 bits per heavy atom. The standard InChI is InChI=1S/C11H17F2N3/c1-6(11(2,3)4)15-10-8(13)5-7(12)9(14)16-10/h5-6H,1-4H3,(H3,14,15,16). The molecule has 16 heavy (non-hydrogen) atoms. The Balaban J connectivity index is 2.94. The quantitative estimate of drug-likeness (QED) is 0.819. The van der Waals surface area contributed by atoms with Gasteiger partial charge in [0.15, 0.2) is 23.3 Å². The summed E-state index contributed by atoms with van der Waals surface area (Å²) >= 11 is 0. The van der Waals surface area contributed by atoms with Crippen LogP contribution in [0.5, 0.6) is 0 Å². The van der Waals surface area contributed by atoms with Gasteiger partial charge in [-0.2, -0.15) is 0 Å². The first-order valence-electron chi connectivity index (χ1n) is 5.10.